The molecule has 0 bridgehead atoms. The molecule has 26 heteroatoms. The molecule has 5 aromatic rings. The largest absolute Gasteiger partial charge is 0.490 e. The number of H-pyrrole nitrogens is 1. The van der Waals surface area contributed by atoms with Crippen molar-refractivity contribution >= 4 is 88.3 Å². The number of nitrogens with one attached hydrogen (secondary N) is 5. The van der Waals surface area contributed by atoms with Crippen LogP contribution in [0.15, 0.2) is 66.2 Å². The van der Waals surface area contributed by atoms with Gasteiger partial charge in [0.05, 0.1) is 39.3 Å². The Hall–Kier alpha value is -7.08. The number of carbonyl (C=O) groups excluding carboxylic acids is 8. The Morgan fingerprint density at radius 3 is 2.34 bits per heavy atom. The number of ether oxygens (including phenoxy) is 1. The Labute approximate surface area is 499 Å². The summed E-state index contributed by atoms with van der Waals surface area (Å²) in [5.41, 5.74) is 8.34. The van der Waals surface area contributed by atoms with Crippen LogP contribution < -0.4 is 31.7 Å². The van der Waals surface area contributed by atoms with Gasteiger partial charge >= 0.3 is 7.60 Å². The van der Waals surface area contributed by atoms with Crippen LogP contribution in [0.25, 0.3) is 21.3 Å². The smallest absolute Gasteiger partial charge is 0.396 e. The number of carbonyl (C=O) groups is 8. The maximum atomic E-state index is 15.3. The van der Waals surface area contributed by atoms with Crippen molar-refractivity contribution in [2.24, 2.45) is 11.1 Å². The van der Waals surface area contributed by atoms with E-state index >= 15 is 4.39 Å². The zero-order chi connectivity index (χ0) is 61.7. The lowest BCUT2D eigenvalue weighted by molar-refractivity contribution is -0.144. The molecule has 7 amide bonds. The van der Waals surface area contributed by atoms with Crippen LogP contribution in [0.1, 0.15) is 142 Å². The highest BCUT2D eigenvalue weighted by Crippen LogP contribution is 2.40. The van der Waals surface area contributed by atoms with Crippen LogP contribution in [0, 0.1) is 18.2 Å². The second kappa shape index (κ2) is 27.1. The van der Waals surface area contributed by atoms with Crippen LogP contribution in [-0.4, -0.2) is 137 Å². The molecule has 8 atom stereocenters. The molecule has 0 radical (unpaired) electrons. The zero-order valence-corrected chi connectivity index (χ0v) is 50.3. The van der Waals surface area contributed by atoms with E-state index in [4.69, 9.17) is 22.1 Å². The molecule has 2 aromatic heterocycles. The first-order valence-corrected chi connectivity index (χ1v) is 31.2. The number of aliphatic hydroxyl groups is 1. The molecule has 3 aliphatic rings. The van der Waals surface area contributed by atoms with Crippen molar-refractivity contribution in [3.8, 4) is 16.2 Å². The highest BCUT2D eigenvalue weighted by Gasteiger charge is 2.46. The zero-order valence-electron chi connectivity index (χ0n) is 47.8. The van der Waals surface area contributed by atoms with E-state index in [2.05, 4.69) is 31.2 Å². The Balaban J connectivity index is 0.863. The lowest BCUT2D eigenvalue weighted by Crippen LogP contribution is -2.57. The van der Waals surface area contributed by atoms with E-state index in [0.717, 1.165) is 27.8 Å². The van der Waals surface area contributed by atoms with Gasteiger partial charge in [0.25, 0.3) is 11.4 Å². The molecule has 0 spiro atoms. The average molecular weight is 1230 g/mol. The number of hydrogen-bond acceptors (Lipinski definition) is 13. The van der Waals surface area contributed by atoms with Crippen LogP contribution in [0.3, 0.4) is 0 Å². The van der Waals surface area contributed by atoms with Crippen molar-refractivity contribution < 1.29 is 66.9 Å². The number of hydrogen-bond donors (Lipinski definition) is 9. The molecule has 10 N–H and O–H groups in total. The summed E-state index contributed by atoms with van der Waals surface area (Å²) in [4.78, 5) is 138. The summed E-state index contributed by atoms with van der Waals surface area (Å²) in [6.45, 7) is 8.69. The molecule has 0 saturated carbocycles. The number of fused-ring (bicyclic) bond motifs is 2. The van der Waals surface area contributed by atoms with E-state index in [1.807, 2.05) is 38.1 Å². The quantitative estimate of drug-likeness (QED) is 0.0345. The van der Waals surface area contributed by atoms with Gasteiger partial charge in [-0.2, -0.15) is 0 Å². The number of thiazole rings is 1. The summed E-state index contributed by atoms with van der Waals surface area (Å²) < 4.78 is 32.9. The maximum Gasteiger partial charge on any atom is 0.396 e. The van der Waals surface area contributed by atoms with Crippen molar-refractivity contribution in [1.82, 2.24) is 41.0 Å². The van der Waals surface area contributed by atoms with Crippen LogP contribution in [0.4, 0.5) is 4.39 Å². The molecule has 0 unspecified atom stereocenters. The van der Waals surface area contributed by atoms with Crippen LogP contribution in [0.5, 0.6) is 5.75 Å². The number of β-amino-alcohol motifs (C(OH)–C–C–N with tert-alkyl or cyclic N) is 1. The van der Waals surface area contributed by atoms with Gasteiger partial charge in [0, 0.05) is 54.4 Å². The van der Waals surface area contributed by atoms with Crippen molar-refractivity contribution in [2.45, 2.75) is 160 Å². The summed E-state index contributed by atoms with van der Waals surface area (Å²) in [6.07, 6.45) is 2.01. The predicted molar refractivity (Wildman–Crippen MR) is 315 cm³/mol. The van der Waals surface area contributed by atoms with Crippen LogP contribution in [0.2, 0.25) is 5.02 Å². The molecule has 3 saturated heterocycles. The highest BCUT2D eigenvalue weighted by molar-refractivity contribution is 7.70. The van der Waals surface area contributed by atoms with Crippen LogP contribution >= 0.6 is 30.5 Å². The Kier molecular flexibility index (Phi) is 20.4. The minimum absolute atomic E-state index is 0.00570. The van der Waals surface area contributed by atoms with Crippen molar-refractivity contribution in [1.29, 1.82) is 0 Å². The van der Waals surface area contributed by atoms with Gasteiger partial charge in [-0.05, 0) is 111 Å². The summed E-state index contributed by atoms with van der Waals surface area (Å²) in [7, 11) is -5.07. The van der Waals surface area contributed by atoms with Gasteiger partial charge < -0.3 is 61.4 Å². The first-order chi connectivity index (χ1) is 40.2. The molecule has 0 aliphatic carbocycles. The number of benzene rings is 3. The predicted octanol–water partition coefficient (Wildman–Crippen LogP) is 6.26. The number of halogens is 2. The SMILES string of the molecule is Cc1ncsc1-c1ccc([C@H](C)NC(=O)[C@@H]2C[C@@H](O)CN2C(=O)[C@@H](NC(=O)CCCc2cc(F)cc(OC[C@H](CCC(N)=O)NC(=O)[C@@H]3CC[C@@H]4CCCC[C@H](NC(=O)c5cc6cc(C(=O)P(=O)(O)O)ccc6[nH]5)C(=O)N43)c2Cl)C(C)(C)C)cc1. The number of nitrogens with zero attached hydrogens (tertiary/aromatic N) is 3. The lowest BCUT2D eigenvalue weighted by atomic mass is 9.85. The normalized spacial score (nSPS) is 20.2. The van der Waals surface area contributed by atoms with E-state index in [-0.39, 0.29) is 86.2 Å². The minimum atomic E-state index is -5.07. The fourth-order valence-corrected chi connectivity index (χ4v) is 12.9. The van der Waals surface area contributed by atoms with Gasteiger partial charge in [-0.25, -0.2) is 9.37 Å². The maximum absolute atomic E-state index is 15.3. The molecule has 3 aliphatic heterocycles. The van der Waals surface area contributed by atoms with Gasteiger partial charge in [0.1, 0.15) is 48.0 Å². The van der Waals surface area contributed by atoms with E-state index in [1.165, 1.54) is 51.5 Å². The van der Waals surface area contributed by atoms with Gasteiger partial charge in [-0.1, -0.05) is 69.5 Å². The van der Waals surface area contributed by atoms with Crippen molar-refractivity contribution in [3.63, 3.8) is 0 Å². The lowest BCUT2D eigenvalue weighted by Gasteiger charge is -2.35. The molecular formula is C59H72ClFN9O13PS. The van der Waals surface area contributed by atoms with E-state index in [0.29, 0.717) is 48.6 Å². The number of primary amides is 1. The molecule has 85 heavy (non-hydrogen) atoms. The number of likely N-dealkylation sites (tertiary alicyclic amines) is 1. The summed E-state index contributed by atoms with van der Waals surface area (Å²) in [5.74, 6) is -4.61. The Morgan fingerprint density at radius 1 is 0.941 bits per heavy atom. The number of rotatable bonds is 22. The number of aromatic nitrogens is 2. The molecule has 22 nitrogen and oxygen atoms in total. The van der Waals surface area contributed by atoms with Crippen molar-refractivity contribution in [2.75, 3.05) is 13.2 Å². The third kappa shape index (κ3) is 15.7. The van der Waals surface area contributed by atoms with Crippen molar-refractivity contribution in [3.05, 3.63) is 105 Å². The highest BCUT2D eigenvalue weighted by atomic mass is 35.5. The van der Waals surface area contributed by atoms with Gasteiger partial charge in [0.2, 0.25) is 35.4 Å². The number of amides is 7. The summed E-state index contributed by atoms with van der Waals surface area (Å²) >= 11 is 8.35. The average Bonchev–Trinajstić information content (AvgIpc) is 3.62. The van der Waals surface area contributed by atoms with E-state index in [1.54, 1.807) is 26.3 Å². The Morgan fingerprint density at radius 2 is 1.66 bits per heavy atom. The molecular weight excluding hydrogens is 1160 g/mol. The monoisotopic (exact) mass is 1230 g/mol. The van der Waals surface area contributed by atoms with Gasteiger partial charge in [0.15, 0.2) is 0 Å². The van der Waals surface area contributed by atoms with Gasteiger partial charge in [-0.3, -0.25) is 42.9 Å². The van der Waals surface area contributed by atoms with Crippen LogP contribution in [-0.2, 0) is 39.8 Å². The second-order valence-electron chi connectivity index (χ2n) is 23.3. The van der Waals surface area contributed by atoms with E-state index < -0.39 is 108 Å². The molecule has 8 rings (SSSR count). The molecule has 5 heterocycles. The summed E-state index contributed by atoms with van der Waals surface area (Å²) in [6, 6.07) is 9.57. The second-order valence-corrected chi connectivity index (χ2v) is 26.0. The molecule has 456 valence electrons. The molecule has 3 aromatic carbocycles. The van der Waals surface area contributed by atoms with Gasteiger partial charge in [-0.15, -0.1) is 11.3 Å². The minimum Gasteiger partial charge on any atom is -0.490 e. The number of aryl methyl sites for hydroxylation is 2. The fraction of sp³-hybridized carbons (Fsp3) is 0.475. The fourth-order valence-electron chi connectivity index (χ4n) is 11.3. The first-order valence-electron chi connectivity index (χ1n) is 28.3. The number of nitrogens with two attached hydrogens (primary N) is 1. The third-order valence-electron chi connectivity index (χ3n) is 15.8. The number of aliphatic hydroxyl groups excluding tert-OH is 1. The summed E-state index contributed by atoms with van der Waals surface area (Å²) in [5, 5.41) is 22.6. The topological polar surface area (TPSA) is 333 Å². The molecule has 3 fully saturated rings. The number of aromatic amines is 1. The van der Waals surface area contributed by atoms with E-state index in [9.17, 15) is 57.8 Å². The Bertz CT molecular complexity index is 3400. The first kappa shape index (κ1) is 63.9. The standard InChI is InChI=1S/C59H72ClFN9O13PS/c1-31(33-13-15-34(16-14-33)51-32(2)63-30-85-51)64-55(76)46-27-41(71)28-69(46)57(78)52(59(3,4)5)68-49(73)12-8-9-35-24-38(61)26-47(50(35)60)83-29-39(18-22-48(62)72)65-54(75)45-21-19-40-10-6-7-11-43(56(77)70(40)45)67-53(74)44-25-37-23-36(17-20-42(37)66-44)58(79)84(80,81)82/h13-17,20,23-26,30-31,39-41,43,45-46,52,66,71H,6-12,18-19,21-22,27-29H2,1-5H3,(H2,62,72)(H,64,76)(H,65,75)(H,67,74)(H,68,73)(H2,80,81,82)/t31-,39-,40-,41+,43-,45-,46-,52+/m0/s1. The third-order valence-corrected chi connectivity index (χ3v) is 18.0.